The van der Waals surface area contributed by atoms with Crippen molar-refractivity contribution in [2.24, 2.45) is 0 Å². The van der Waals surface area contributed by atoms with E-state index in [0.29, 0.717) is 6.20 Å². The largest absolute Gasteiger partial charge is 0.417 e. The molecule has 3 aromatic heterocycles. The predicted octanol–water partition coefficient (Wildman–Crippen LogP) is 3.91. The molecule has 0 unspecified atom stereocenters. The van der Waals surface area contributed by atoms with Crippen molar-refractivity contribution >= 4 is 23.3 Å². The van der Waals surface area contributed by atoms with Crippen LogP contribution >= 0.6 is 0 Å². The van der Waals surface area contributed by atoms with Crippen LogP contribution in [0, 0.1) is 5.95 Å². The minimum atomic E-state index is -4.56. The minimum absolute atomic E-state index is 0.00815. The first-order valence-electron chi connectivity index (χ1n) is 9.14. The maximum atomic E-state index is 14.6. The van der Waals surface area contributed by atoms with E-state index in [9.17, 15) is 27.2 Å². The number of nitrogens with one attached hydrogen (secondary N) is 1. The molecular formula is C20H15F4N5O2. The molecule has 2 amide bonds. The maximum Gasteiger partial charge on any atom is 0.417 e. The fourth-order valence-corrected chi connectivity index (χ4v) is 3.40. The quantitative estimate of drug-likeness (QED) is 0.636. The van der Waals surface area contributed by atoms with Crippen LogP contribution < -0.4 is 10.2 Å². The van der Waals surface area contributed by atoms with E-state index in [1.165, 1.54) is 18.5 Å². The van der Waals surface area contributed by atoms with Gasteiger partial charge in [0.1, 0.15) is 11.5 Å². The second-order valence-corrected chi connectivity index (χ2v) is 6.96. The smallest absolute Gasteiger partial charge is 0.320 e. The van der Waals surface area contributed by atoms with Crippen LogP contribution in [0.15, 0.2) is 48.9 Å². The summed E-state index contributed by atoms with van der Waals surface area (Å²) in [6.45, 7) is 1.63. The number of pyridine rings is 2. The summed E-state index contributed by atoms with van der Waals surface area (Å²) in [5.41, 5.74) is -0.928. The molecule has 0 aromatic carbocycles. The zero-order chi connectivity index (χ0) is 22.3. The zero-order valence-electron chi connectivity index (χ0n) is 16.0. The number of alkyl halides is 3. The monoisotopic (exact) mass is 433 g/mol. The topological polar surface area (TPSA) is 80.1 Å². The number of amides is 2. The van der Waals surface area contributed by atoms with Crippen molar-refractivity contribution in [3.05, 3.63) is 71.7 Å². The minimum Gasteiger partial charge on any atom is -0.320 e. The first kappa shape index (κ1) is 20.5. The Labute approximate surface area is 173 Å². The van der Waals surface area contributed by atoms with Crippen LogP contribution in [0.5, 0.6) is 0 Å². The van der Waals surface area contributed by atoms with Crippen molar-refractivity contribution in [1.29, 1.82) is 0 Å². The van der Waals surface area contributed by atoms with Crippen molar-refractivity contribution in [2.75, 3.05) is 16.8 Å². The van der Waals surface area contributed by atoms with E-state index in [0.717, 1.165) is 27.7 Å². The SMILES string of the molecule is C[C@H]1CN(c2ccc(C(F)(F)F)cn2)C(=O)c2c(NC(=O)c3cccnc3)cc(F)n21. The molecule has 4 rings (SSSR count). The number of halogens is 4. The van der Waals surface area contributed by atoms with E-state index in [4.69, 9.17) is 0 Å². The molecule has 31 heavy (non-hydrogen) atoms. The molecule has 11 heteroatoms. The summed E-state index contributed by atoms with van der Waals surface area (Å²) in [4.78, 5) is 34.3. The molecule has 0 radical (unpaired) electrons. The Hall–Kier alpha value is -3.76. The summed E-state index contributed by atoms with van der Waals surface area (Å²) in [7, 11) is 0. The van der Waals surface area contributed by atoms with E-state index in [2.05, 4.69) is 15.3 Å². The highest BCUT2D eigenvalue weighted by Gasteiger charge is 2.37. The maximum absolute atomic E-state index is 14.6. The molecule has 0 aliphatic carbocycles. The number of nitrogens with zero attached hydrogens (tertiary/aromatic N) is 4. The van der Waals surface area contributed by atoms with Gasteiger partial charge in [-0.1, -0.05) is 0 Å². The lowest BCUT2D eigenvalue weighted by atomic mass is 10.1. The number of carbonyl (C=O) groups excluding carboxylic acids is 2. The Morgan fingerprint density at radius 3 is 2.61 bits per heavy atom. The van der Waals surface area contributed by atoms with Crippen molar-refractivity contribution in [2.45, 2.75) is 19.1 Å². The summed E-state index contributed by atoms with van der Waals surface area (Å²) in [5, 5.41) is 2.50. The van der Waals surface area contributed by atoms with Gasteiger partial charge >= 0.3 is 6.18 Å². The third-order valence-electron chi connectivity index (χ3n) is 4.85. The molecule has 1 aliphatic heterocycles. The molecule has 0 bridgehead atoms. The van der Waals surface area contributed by atoms with Gasteiger partial charge in [-0.25, -0.2) is 4.98 Å². The van der Waals surface area contributed by atoms with Gasteiger partial charge in [-0.05, 0) is 31.2 Å². The Kier molecular flexibility index (Phi) is 4.96. The standard InChI is InChI=1S/C20H15F4N5O2/c1-11-10-28(16-5-4-13(9-26-16)20(22,23)24)19(31)17-14(7-15(21)29(11)17)27-18(30)12-3-2-6-25-8-12/h2-9,11H,10H2,1H3,(H,27,30)/t11-/m0/s1. The third-order valence-corrected chi connectivity index (χ3v) is 4.85. The molecule has 4 heterocycles. The third kappa shape index (κ3) is 3.74. The molecule has 1 aliphatic rings. The van der Waals surface area contributed by atoms with E-state index >= 15 is 0 Å². The van der Waals surface area contributed by atoms with Gasteiger partial charge in [-0.15, -0.1) is 0 Å². The van der Waals surface area contributed by atoms with Crippen molar-refractivity contribution in [3.63, 3.8) is 0 Å². The molecule has 1 N–H and O–H groups in total. The number of anilines is 2. The number of fused-ring (bicyclic) bond motifs is 1. The molecule has 0 saturated carbocycles. The predicted molar refractivity (Wildman–Crippen MR) is 102 cm³/mol. The Bertz CT molecular complexity index is 1140. The normalized spacial score (nSPS) is 16.2. The summed E-state index contributed by atoms with van der Waals surface area (Å²) >= 11 is 0. The molecule has 0 spiro atoms. The fraction of sp³-hybridized carbons (Fsp3) is 0.200. The first-order valence-corrected chi connectivity index (χ1v) is 9.14. The summed E-state index contributed by atoms with van der Waals surface area (Å²) in [5.74, 6) is -2.03. The van der Waals surface area contributed by atoms with Gasteiger partial charge in [-0.2, -0.15) is 17.6 Å². The number of hydrogen-bond acceptors (Lipinski definition) is 4. The lowest BCUT2D eigenvalue weighted by Gasteiger charge is -2.32. The summed E-state index contributed by atoms with van der Waals surface area (Å²) in [6.07, 6.45) is -1.13. The molecule has 1 atom stereocenters. The second kappa shape index (κ2) is 7.49. The van der Waals surface area contributed by atoms with Gasteiger partial charge in [0, 0.05) is 31.2 Å². The molecule has 0 fully saturated rings. The van der Waals surface area contributed by atoms with Crippen LogP contribution in [-0.2, 0) is 6.18 Å². The molecule has 3 aromatic rings. The van der Waals surface area contributed by atoms with Gasteiger partial charge in [0.15, 0.2) is 5.95 Å². The van der Waals surface area contributed by atoms with E-state index in [1.54, 1.807) is 13.0 Å². The van der Waals surface area contributed by atoms with E-state index in [1.807, 2.05) is 0 Å². The molecule has 7 nitrogen and oxygen atoms in total. The number of hydrogen-bond donors (Lipinski definition) is 1. The lowest BCUT2D eigenvalue weighted by molar-refractivity contribution is -0.137. The second-order valence-electron chi connectivity index (χ2n) is 6.96. The van der Waals surface area contributed by atoms with Crippen LogP contribution in [0.3, 0.4) is 0 Å². The number of aromatic nitrogens is 3. The average molecular weight is 433 g/mol. The van der Waals surface area contributed by atoms with Gasteiger partial charge in [-0.3, -0.25) is 19.5 Å². The molecule has 0 saturated heterocycles. The van der Waals surface area contributed by atoms with Crippen LogP contribution in [0.2, 0.25) is 0 Å². The average Bonchev–Trinajstić information content (AvgIpc) is 3.07. The molecular weight excluding hydrogens is 418 g/mol. The zero-order valence-corrected chi connectivity index (χ0v) is 16.0. The van der Waals surface area contributed by atoms with E-state index < -0.39 is 35.5 Å². The highest BCUT2D eigenvalue weighted by atomic mass is 19.4. The van der Waals surface area contributed by atoms with E-state index in [-0.39, 0.29) is 29.3 Å². The van der Waals surface area contributed by atoms with Crippen molar-refractivity contribution in [1.82, 2.24) is 14.5 Å². The van der Waals surface area contributed by atoms with Gasteiger partial charge in [0.2, 0.25) is 0 Å². The van der Waals surface area contributed by atoms with Crippen LogP contribution in [-0.4, -0.2) is 32.9 Å². The summed E-state index contributed by atoms with van der Waals surface area (Å²) in [6, 6.07) is 5.43. The fourth-order valence-electron chi connectivity index (χ4n) is 3.40. The summed E-state index contributed by atoms with van der Waals surface area (Å²) < 4.78 is 54.1. The van der Waals surface area contributed by atoms with Gasteiger partial charge in [0.25, 0.3) is 11.8 Å². The van der Waals surface area contributed by atoms with Gasteiger partial charge < -0.3 is 9.88 Å². The first-order chi connectivity index (χ1) is 14.7. The Balaban J connectivity index is 1.68. The lowest BCUT2D eigenvalue weighted by Crippen LogP contribution is -2.43. The number of carbonyl (C=O) groups is 2. The highest BCUT2D eigenvalue weighted by Crippen LogP contribution is 2.34. The highest BCUT2D eigenvalue weighted by molar-refractivity contribution is 6.13. The Morgan fingerprint density at radius 2 is 2.00 bits per heavy atom. The van der Waals surface area contributed by atoms with Crippen LogP contribution in [0.1, 0.15) is 39.4 Å². The van der Waals surface area contributed by atoms with Crippen LogP contribution in [0.4, 0.5) is 29.1 Å². The van der Waals surface area contributed by atoms with Crippen molar-refractivity contribution < 1.29 is 27.2 Å². The van der Waals surface area contributed by atoms with Gasteiger partial charge in [0.05, 0.1) is 22.9 Å². The Morgan fingerprint density at radius 1 is 1.23 bits per heavy atom. The molecule has 160 valence electrons. The van der Waals surface area contributed by atoms with Crippen molar-refractivity contribution in [3.8, 4) is 0 Å². The number of rotatable bonds is 3. The van der Waals surface area contributed by atoms with Crippen LogP contribution in [0.25, 0.3) is 0 Å².